The molecule has 0 radical (unpaired) electrons. The Morgan fingerprint density at radius 3 is 2.54 bits per heavy atom. The molecule has 0 bridgehead atoms. The minimum Gasteiger partial charge on any atom is -0.487 e. The molecule has 4 nitrogen and oxygen atoms in total. The first kappa shape index (κ1) is 18.7. The van der Waals surface area contributed by atoms with Gasteiger partial charge in [0.05, 0.1) is 5.02 Å². The third-order valence-electron chi connectivity index (χ3n) is 3.85. The molecule has 2 aromatic carbocycles. The average molecular weight is 407 g/mol. The van der Waals surface area contributed by atoms with E-state index < -0.39 is 0 Å². The summed E-state index contributed by atoms with van der Waals surface area (Å²) in [4.78, 5) is 13.7. The van der Waals surface area contributed by atoms with Gasteiger partial charge in [-0.2, -0.15) is 0 Å². The highest BCUT2D eigenvalue weighted by molar-refractivity contribution is 7.80. The highest BCUT2D eigenvalue weighted by atomic mass is 35.5. The third kappa shape index (κ3) is 4.18. The second kappa shape index (κ2) is 8.08. The maximum Gasteiger partial charge on any atom is 0.276 e. The summed E-state index contributed by atoms with van der Waals surface area (Å²) in [5, 5.41) is 4.48. The van der Waals surface area contributed by atoms with Gasteiger partial charge in [0.1, 0.15) is 18.1 Å². The van der Waals surface area contributed by atoms with Gasteiger partial charge >= 0.3 is 0 Å². The number of thiocarbonyl (C=S) groups is 1. The van der Waals surface area contributed by atoms with Gasteiger partial charge in [0.15, 0.2) is 5.11 Å². The van der Waals surface area contributed by atoms with Crippen molar-refractivity contribution in [1.29, 1.82) is 0 Å². The molecule has 7 heteroatoms. The third-order valence-corrected chi connectivity index (χ3v) is 4.72. The van der Waals surface area contributed by atoms with Gasteiger partial charge in [-0.05, 0) is 60.6 Å². The topological polar surface area (TPSA) is 41.6 Å². The molecule has 3 rings (SSSR count). The fraction of sp³-hybridized carbons (Fsp3) is 0.158. The van der Waals surface area contributed by atoms with Crippen LogP contribution in [0.2, 0.25) is 10.0 Å². The molecule has 2 aromatic rings. The van der Waals surface area contributed by atoms with E-state index in [1.54, 1.807) is 18.2 Å². The SMILES string of the molecule is CCN1C(=O)C(=Cc2ccc(OCc3ccc(Cl)cc3)c(Cl)c2)NC1=S. The number of nitrogens with zero attached hydrogens (tertiary/aromatic N) is 1. The van der Waals surface area contributed by atoms with E-state index in [0.717, 1.165) is 11.1 Å². The molecule has 0 saturated carbocycles. The van der Waals surface area contributed by atoms with Gasteiger partial charge in [-0.3, -0.25) is 9.69 Å². The molecule has 134 valence electrons. The molecule has 1 aliphatic heterocycles. The Kier molecular flexibility index (Phi) is 5.81. The summed E-state index contributed by atoms with van der Waals surface area (Å²) in [7, 11) is 0. The molecule has 26 heavy (non-hydrogen) atoms. The normalized spacial score (nSPS) is 15.5. The number of carbonyl (C=O) groups excluding carboxylic acids is 1. The Balaban J connectivity index is 1.71. The van der Waals surface area contributed by atoms with Crippen LogP contribution in [0, 0.1) is 0 Å². The fourth-order valence-corrected chi connectivity index (χ4v) is 3.18. The first-order valence-electron chi connectivity index (χ1n) is 7.99. The van der Waals surface area contributed by atoms with E-state index in [-0.39, 0.29) is 5.91 Å². The second-order valence-electron chi connectivity index (χ2n) is 5.64. The van der Waals surface area contributed by atoms with Crippen LogP contribution in [-0.4, -0.2) is 22.5 Å². The molecule has 0 aliphatic carbocycles. The van der Waals surface area contributed by atoms with Crippen molar-refractivity contribution < 1.29 is 9.53 Å². The van der Waals surface area contributed by atoms with Crippen LogP contribution in [0.1, 0.15) is 18.1 Å². The van der Waals surface area contributed by atoms with Crippen LogP contribution in [0.4, 0.5) is 0 Å². The van der Waals surface area contributed by atoms with Gasteiger partial charge in [0.25, 0.3) is 5.91 Å². The maximum absolute atomic E-state index is 12.2. The number of hydrogen-bond acceptors (Lipinski definition) is 3. The number of carbonyl (C=O) groups is 1. The van der Waals surface area contributed by atoms with Crippen molar-refractivity contribution in [2.75, 3.05) is 6.54 Å². The first-order chi connectivity index (χ1) is 12.5. The monoisotopic (exact) mass is 406 g/mol. The zero-order valence-electron chi connectivity index (χ0n) is 14.0. The molecule has 0 spiro atoms. The summed E-state index contributed by atoms with van der Waals surface area (Å²) in [5.74, 6) is 0.428. The highest BCUT2D eigenvalue weighted by Crippen LogP contribution is 2.28. The molecule has 1 N–H and O–H groups in total. The fourth-order valence-electron chi connectivity index (χ4n) is 2.49. The van der Waals surface area contributed by atoms with Crippen molar-refractivity contribution in [3.05, 3.63) is 69.3 Å². The van der Waals surface area contributed by atoms with Crippen LogP contribution in [0.25, 0.3) is 6.08 Å². The summed E-state index contributed by atoms with van der Waals surface area (Å²) >= 11 is 17.3. The van der Waals surface area contributed by atoms with Crippen LogP contribution in [0.5, 0.6) is 5.75 Å². The van der Waals surface area contributed by atoms with Gasteiger partial charge in [0.2, 0.25) is 0 Å². The van der Waals surface area contributed by atoms with Crippen molar-refractivity contribution in [3.63, 3.8) is 0 Å². The number of benzene rings is 2. The minimum atomic E-state index is -0.142. The Labute approximate surface area is 167 Å². The zero-order valence-corrected chi connectivity index (χ0v) is 16.3. The van der Waals surface area contributed by atoms with E-state index in [0.29, 0.717) is 39.8 Å². The summed E-state index contributed by atoms with van der Waals surface area (Å²) in [5.41, 5.74) is 2.21. The number of ether oxygens (including phenoxy) is 1. The van der Waals surface area contributed by atoms with Crippen molar-refractivity contribution in [2.24, 2.45) is 0 Å². The minimum absolute atomic E-state index is 0.142. The van der Waals surface area contributed by atoms with Gasteiger partial charge in [-0.1, -0.05) is 41.4 Å². The Hall–Kier alpha value is -2.08. The molecular formula is C19H16Cl2N2O2S. The summed E-state index contributed by atoms with van der Waals surface area (Å²) in [6, 6.07) is 12.8. The Morgan fingerprint density at radius 1 is 1.19 bits per heavy atom. The molecule has 0 unspecified atom stereocenters. The maximum atomic E-state index is 12.2. The lowest BCUT2D eigenvalue weighted by Crippen LogP contribution is -2.30. The van der Waals surface area contributed by atoms with E-state index in [4.69, 9.17) is 40.2 Å². The molecule has 0 aromatic heterocycles. The molecule has 1 heterocycles. The van der Waals surface area contributed by atoms with Gasteiger partial charge in [0, 0.05) is 11.6 Å². The molecular weight excluding hydrogens is 391 g/mol. The van der Waals surface area contributed by atoms with Gasteiger partial charge in [-0.25, -0.2) is 0 Å². The molecule has 1 fully saturated rings. The standard InChI is InChI=1S/C19H16Cl2N2O2S/c1-2-23-18(24)16(22-19(23)26)10-13-5-8-17(15(21)9-13)25-11-12-3-6-14(20)7-4-12/h3-10H,2,11H2,1H3,(H,22,26). The molecule has 0 atom stereocenters. The number of hydrogen-bond donors (Lipinski definition) is 1. The number of halogens is 2. The predicted octanol–water partition coefficient (Wildman–Crippen LogP) is 4.65. The van der Waals surface area contributed by atoms with E-state index in [1.807, 2.05) is 37.3 Å². The quantitative estimate of drug-likeness (QED) is 0.579. The van der Waals surface area contributed by atoms with Crippen LogP contribution >= 0.6 is 35.4 Å². The van der Waals surface area contributed by atoms with E-state index in [2.05, 4.69) is 5.32 Å². The number of amides is 1. The first-order valence-corrected chi connectivity index (χ1v) is 9.15. The number of nitrogens with one attached hydrogen (secondary N) is 1. The zero-order chi connectivity index (χ0) is 18.7. The van der Waals surface area contributed by atoms with Crippen molar-refractivity contribution >= 4 is 52.5 Å². The summed E-state index contributed by atoms with van der Waals surface area (Å²) < 4.78 is 5.75. The average Bonchev–Trinajstić information content (AvgIpc) is 2.88. The van der Waals surface area contributed by atoms with Crippen LogP contribution < -0.4 is 10.1 Å². The lowest BCUT2D eigenvalue weighted by Gasteiger charge is -2.09. The summed E-state index contributed by atoms with van der Waals surface area (Å²) in [6.45, 7) is 2.79. The number of likely N-dealkylation sites (N-methyl/N-ethyl adjacent to an activating group) is 1. The van der Waals surface area contributed by atoms with Crippen LogP contribution in [0.15, 0.2) is 48.2 Å². The largest absolute Gasteiger partial charge is 0.487 e. The van der Waals surface area contributed by atoms with E-state index in [9.17, 15) is 4.79 Å². The number of rotatable bonds is 5. The second-order valence-corrected chi connectivity index (χ2v) is 6.87. The molecule has 1 aliphatic rings. The van der Waals surface area contributed by atoms with Crippen LogP contribution in [-0.2, 0) is 11.4 Å². The highest BCUT2D eigenvalue weighted by Gasteiger charge is 2.28. The van der Waals surface area contributed by atoms with Gasteiger partial charge < -0.3 is 10.1 Å². The molecule has 1 saturated heterocycles. The van der Waals surface area contributed by atoms with E-state index >= 15 is 0 Å². The lowest BCUT2D eigenvalue weighted by atomic mass is 10.2. The van der Waals surface area contributed by atoms with Crippen LogP contribution in [0.3, 0.4) is 0 Å². The van der Waals surface area contributed by atoms with Crippen molar-refractivity contribution in [1.82, 2.24) is 10.2 Å². The van der Waals surface area contributed by atoms with E-state index in [1.165, 1.54) is 4.90 Å². The van der Waals surface area contributed by atoms with Crippen molar-refractivity contribution in [2.45, 2.75) is 13.5 Å². The Morgan fingerprint density at radius 2 is 1.92 bits per heavy atom. The molecule has 1 amide bonds. The Bertz CT molecular complexity index is 882. The lowest BCUT2D eigenvalue weighted by molar-refractivity contribution is -0.122. The predicted molar refractivity (Wildman–Crippen MR) is 108 cm³/mol. The smallest absolute Gasteiger partial charge is 0.276 e. The summed E-state index contributed by atoms with van der Waals surface area (Å²) in [6.07, 6.45) is 1.72. The van der Waals surface area contributed by atoms with Gasteiger partial charge in [-0.15, -0.1) is 0 Å². The van der Waals surface area contributed by atoms with Crippen molar-refractivity contribution in [3.8, 4) is 5.75 Å².